The molecule has 6 rings (SSSR count). The molecule has 2 aromatic heterocycles. The summed E-state index contributed by atoms with van der Waals surface area (Å²) < 4.78 is 44.4. The van der Waals surface area contributed by atoms with E-state index in [9.17, 15) is 24.3 Å². The second kappa shape index (κ2) is 24.4. The number of carbonyl (C=O) groups is 3. The maximum Gasteiger partial charge on any atom is 0.306 e. The van der Waals surface area contributed by atoms with Crippen LogP contribution >= 0.6 is 0 Å². The third-order valence-electron chi connectivity index (χ3n) is 11.1. The normalized spacial score (nSPS) is 17.1. The van der Waals surface area contributed by atoms with Crippen molar-refractivity contribution in [2.24, 2.45) is 5.92 Å². The second-order valence-electron chi connectivity index (χ2n) is 15.6. The number of methoxy groups -OCH3 is 3. The van der Waals surface area contributed by atoms with Crippen molar-refractivity contribution in [3.05, 3.63) is 112 Å². The lowest BCUT2D eigenvalue weighted by atomic mass is 9.79. The van der Waals surface area contributed by atoms with Gasteiger partial charge >= 0.3 is 11.9 Å². The van der Waals surface area contributed by atoms with Gasteiger partial charge in [-0.05, 0) is 60.6 Å². The van der Waals surface area contributed by atoms with E-state index >= 15 is 0 Å². The summed E-state index contributed by atoms with van der Waals surface area (Å²) in [6.07, 6.45) is -3.73. The van der Waals surface area contributed by atoms with Gasteiger partial charge in [-0.3, -0.25) is 34.0 Å². The first-order chi connectivity index (χ1) is 31.8. The highest BCUT2D eigenvalue weighted by Crippen LogP contribution is 2.46. The average Bonchev–Trinajstić information content (AvgIpc) is 3.91. The molecule has 1 fully saturated rings. The molecule has 4 atom stereocenters. The van der Waals surface area contributed by atoms with Crippen LogP contribution in [0.4, 0.5) is 5.95 Å². The molecular weight excluding hydrogens is 853 g/mol. The molecule has 0 aliphatic carbocycles. The minimum absolute atomic E-state index is 0.0390. The van der Waals surface area contributed by atoms with Gasteiger partial charge in [0.25, 0.3) is 5.56 Å². The number of aromatic nitrogens is 4. The number of carboxylic acid groups (broad SMARTS) is 1. The molecule has 356 valence electrons. The standard InChI is InChI=1S/C42H47N5O12.C6H15N/c1-25(2)38(51)45-41-44-37-34(39(52)46-41)43-24-47(37)40-36(56-22-21-53-3)35(31(58-40)23-57-33(50)20-19-32(48)49)59-42(26-9-7-6-8-10-26,27-11-15-29(54-4)16-12-27)28-13-17-30(55-5)18-14-28;1-4-7(5-2)6-3/h6-18,24-25,31,35-36,40H,19-23H2,1-5H3,(H,48,49)(H2,44,45,46,51,52);4-6H2,1-3H3/t31-,35-,36-,40-;/m1./s1. The van der Waals surface area contributed by atoms with Crippen LogP contribution in [0.25, 0.3) is 11.2 Å². The van der Waals surface area contributed by atoms with Crippen molar-refractivity contribution in [1.29, 1.82) is 0 Å². The van der Waals surface area contributed by atoms with Gasteiger partial charge in [0.05, 0.1) is 46.6 Å². The summed E-state index contributed by atoms with van der Waals surface area (Å²) in [5, 5.41) is 11.9. The van der Waals surface area contributed by atoms with Crippen LogP contribution in [0, 0.1) is 5.92 Å². The Hall–Kier alpha value is -6.18. The number of carboxylic acids is 1. The highest BCUT2D eigenvalue weighted by atomic mass is 16.6. The first kappa shape index (κ1) is 50.8. The largest absolute Gasteiger partial charge is 0.497 e. The lowest BCUT2D eigenvalue weighted by Crippen LogP contribution is -2.46. The van der Waals surface area contributed by atoms with Crippen LogP contribution in [0.5, 0.6) is 11.5 Å². The van der Waals surface area contributed by atoms with E-state index in [0.29, 0.717) is 22.6 Å². The molecule has 3 aromatic carbocycles. The van der Waals surface area contributed by atoms with Gasteiger partial charge in [-0.25, -0.2) is 4.98 Å². The lowest BCUT2D eigenvalue weighted by molar-refractivity contribution is -0.157. The quantitative estimate of drug-likeness (QED) is 0.0426. The molecule has 0 unspecified atom stereocenters. The fourth-order valence-electron chi connectivity index (χ4n) is 7.45. The van der Waals surface area contributed by atoms with Crippen LogP contribution in [-0.2, 0) is 43.7 Å². The first-order valence-corrected chi connectivity index (χ1v) is 22.0. The third kappa shape index (κ3) is 12.4. The number of nitrogens with one attached hydrogen (secondary N) is 2. The monoisotopic (exact) mass is 914 g/mol. The number of anilines is 1. The van der Waals surface area contributed by atoms with Crippen molar-refractivity contribution < 1.29 is 52.6 Å². The Kier molecular flexibility index (Phi) is 18.8. The van der Waals surface area contributed by atoms with E-state index in [-0.39, 0.29) is 49.3 Å². The molecule has 0 bridgehead atoms. The zero-order valence-electron chi connectivity index (χ0n) is 38.9. The van der Waals surface area contributed by atoms with E-state index in [1.807, 2.05) is 78.9 Å². The van der Waals surface area contributed by atoms with Gasteiger partial charge < -0.3 is 43.2 Å². The van der Waals surface area contributed by atoms with E-state index in [0.717, 1.165) is 5.56 Å². The minimum Gasteiger partial charge on any atom is -0.497 e. The fourth-order valence-corrected chi connectivity index (χ4v) is 7.45. The number of benzene rings is 3. The van der Waals surface area contributed by atoms with Gasteiger partial charge in [0.15, 0.2) is 17.4 Å². The Balaban J connectivity index is 0.00000108. The highest BCUT2D eigenvalue weighted by Gasteiger charge is 2.53. The van der Waals surface area contributed by atoms with Crippen molar-refractivity contribution in [3.63, 3.8) is 0 Å². The molecular formula is C48H62N6O12. The Bertz CT molecular complexity index is 2310. The number of ether oxygens (including phenoxy) is 7. The van der Waals surface area contributed by atoms with Gasteiger partial charge in [0.1, 0.15) is 42.0 Å². The number of hydrogen-bond donors (Lipinski definition) is 3. The van der Waals surface area contributed by atoms with Crippen LogP contribution in [0.3, 0.4) is 0 Å². The van der Waals surface area contributed by atoms with Crippen molar-refractivity contribution in [2.75, 3.05) is 66.1 Å². The van der Waals surface area contributed by atoms with Crippen molar-refractivity contribution in [2.45, 2.75) is 77.6 Å². The zero-order chi connectivity index (χ0) is 47.8. The number of H-pyrrole nitrogens is 1. The smallest absolute Gasteiger partial charge is 0.306 e. The molecule has 5 aromatic rings. The number of rotatable bonds is 22. The number of aromatic amines is 1. The van der Waals surface area contributed by atoms with Gasteiger partial charge in [0, 0.05) is 13.0 Å². The van der Waals surface area contributed by atoms with E-state index in [4.69, 9.17) is 33.2 Å². The minimum atomic E-state index is -1.40. The summed E-state index contributed by atoms with van der Waals surface area (Å²) in [6, 6.07) is 24.3. The van der Waals surface area contributed by atoms with Crippen LogP contribution in [-0.4, -0.2) is 126 Å². The molecule has 3 N–H and O–H groups in total. The molecule has 18 nitrogen and oxygen atoms in total. The molecule has 0 spiro atoms. The topological polar surface area (TPSA) is 215 Å². The van der Waals surface area contributed by atoms with Crippen LogP contribution in [0.15, 0.2) is 90.0 Å². The van der Waals surface area contributed by atoms with E-state index in [1.165, 1.54) is 37.6 Å². The zero-order valence-corrected chi connectivity index (χ0v) is 38.9. The maximum atomic E-state index is 13.3. The molecule has 3 heterocycles. The fraction of sp³-hybridized carbons (Fsp3) is 0.458. The van der Waals surface area contributed by atoms with Crippen LogP contribution in [0.1, 0.15) is 70.4 Å². The Morgan fingerprint density at radius 1 is 0.848 bits per heavy atom. The Morgan fingerprint density at radius 3 is 1.95 bits per heavy atom. The molecule has 1 aliphatic rings. The number of carbonyl (C=O) groups excluding carboxylic acids is 2. The highest BCUT2D eigenvalue weighted by molar-refractivity contribution is 5.91. The van der Waals surface area contributed by atoms with Gasteiger partial charge in [-0.15, -0.1) is 0 Å². The second-order valence-corrected chi connectivity index (χ2v) is 15.6. The lowest BCUT2D eigenvalue weighted by Gasteiger charge is -2.40. The first-order valence-electron chi connectivity index (χ1n) is 22.0. The van der Waals surface area contributed by atoms with Crippen molar-refractivity contribution >= 4 is 35.0 Å². The molecule has 1 amide bonds. The summed E-state index contributed by atoms with van der Waals surface area (Å²) in [7, 11) is 4.67. The number of hydrogen-bond acceptors (Lipinski definition) is 14. The summed E-state index contributed by atoms with van der Waals surface area (Å²) in [5.74, 6) is -1.57. The number of esters is 1. The number of aliphatic carboxylic acids is 1. The summed E-state index contributed by atoms with van der Waals surface area (Å²) >= 11 is 0. The third-order valence-corrected chi connectivity index (χ3v) is 11.1. The summed E-state index contributed by atoms with van der Waals surface area (Å²) in [4.78, 5) is 64.0. The number of nitrogens with zero attached hydrogens (tertiary/aromatic N) is 4. The molecule has 18 heteroatoms. The molecule has 1 aliphatic heterocycles. The van der Waals surface area contributed by atoms with E-state index in [2.05, 4.69) is 45.9 Å². The summed E-state index contributed by atoms with van der Waals surface area (Å²) in [6.45, 7) is 13.4. The molecule has 0 radical (unpaired) electrons. The van der Waals surface area contributed by atoms with Crippen molar-refractivity contribution in [1.82, 2.24) is 24.4 Å². The number of imidazole rings is 1. The molecule has 66 heavy (non-hydrogen) atoms. The van der Waals surface area contributed by atoms with E-state index in [1.54, 1.807) is 28.1 Å². The van der Waals surface area contributed by atoms with Gasteiger partial charge in [-0.1, -0.05) is 89.2 Å². The number of amides is 1. The Labute approximate surface area is 384 Å². The SMILES string of the molecule is CCN(CC)CC.COCCO[C@@H]1[C@H](OC(c2ccccc2)(c2ccc(OC)cc2)c2ccc(OC)cc2)[C@@H](COC(=O)CCC(=O)O)O[C@H]1n1cnc2c(=O)[nH]c(NC(=O)C(C)C)nc21. The molecule has 0 saturated carbocycles. The average molecular weight is 915 g/mol. The van der Waals surface area contributed by atoms with Gasteiger partial charge in [0.2, 0.25) is 11.9 Å². The summed E-state index contributed by atoms with van der Waals surface area (Å²) in [5.41, 5.74) is 0.117. The molecule has 1 saturated heterocycles. The maximum absolute atomic E-state index is 13.3. The van der Waals surface area contributed by atoms with Crippen LogP contribution < -0.4 is 20.3 Å². The number of fused-ring (bicyclic) bond motifs is 1. The van der Waals surface area contributed by atoms with Crippen LogP contribution in [0.2, 0.25) is 0 Å². The Morgan fingerprint density at radius 2 is 1.44 bits per heavy atom. The predicted molar refractivity (Wildman–Crippen MR) is 246 cm³/mol. The van der Waals surface area contributed by atoms with E-state index < -0.39 is 60.0 Å². The predicted octanol–water partition coefficient (Wildman–Crippen LogP) is 5.79. The van der Waals surface area contributed by atoms with Gasteiger partial charge in [-0.2, -0.15) is 4.98 Å². The van der Waals surface area contributed by atoms with Crippen molar-refractivity contribution in [3.8, 4) is 11.5 Å².